The van der Waals surface area contributed by atoms with Gasteiger partial charge in [-0.15, -0.1) is 52.6 Å². The maximum Gasteiger partial charge on any atom is 0.507 e. The largest absolute Gasteiger partial charge is 0.507 e. The number of ether oxygens (including phenoxy) is 2. The molecule has 5 rings (SSSR count). The molecule has 5 aliphatic heterocycles. The lowest BCUT2D eigenvalue weighted by atomic mass is 11.3. The van der Waals surface area contributed by atoms with E-state index in [9.17, 15) is 0 Å². The van der Waals surface area contributed by atoms with E-state index in [-0.39, 0.29) is 24.9 Å². The first-order chi connectivity index (χ1) is 19.0. The second kappa shape index (κ2) is 10.4. The van der Waals surface area contributed by atoms with Crippen molar-refractivity contribution in [2.75, 3.05) is 24.9 Å². The summed E-state index contributed by atoms with van der Waals surface area (Å²) in [6, 6.07) is 0. The molecule has 0 N–H and O–H groups in total. The van der Waals surface area contributed by atoms with Crippen LogP contribution in [0.3, 0.4) is 0 Å². The molecule has 5 aliphatic rings. The molecule has 5 saturated heterocycles. The van der Waals surface area contributed by atoms with Gasteiger partial charge in [0, 0.05) is 0 Å². The van der Waals surface area contributed by atoms with Crippen LogP contribution in [0.15, 0.2) is 98.2 Å². The molecule has 0 aliphatic carbocycles. The van der Waals surface area contributed by atoms with Gasteiger partial charge < -0.3 is 50.6 Å². The molecule has 8 bridgehead atoms. The van der Waals surface area contributed by atoms with Crippen LogP contribution in [-0.4, -0.2) is 94.4 Å². The predicted octanol–water partition coefficient (Wildman–Crippen LogP) is 1.74. The van der Waals surface area contributed by atoms with Gasteiger partial charge in [-0.3, -0.25) is 0 Å². The molecule has 12 nitrogen and oxygen atoms in total. The molecule has 0 aromatic heterocycles. The molecule has 5 heterocycles. The molecule has 4 unspecified atom stereocenters. The van der Waals surface area contributed by atoms with Crippen molar-refractivity contribution in [1.29, 1.82) is 0 Å². The van der Waals surface area contributed by atoms with E-state index in [2.05, 4.69) is 52.6 Å². The van der Waals surface area contributed by atoms with E-state index in [1.54, 1.807) is 17.1 Å². The molecule has 0 spiro atoms. The average Bonchev–Trinajstić information content (AvgIpc) is 2.93. The van der Waals surface area contributed by atoms with Gasteiger partial charge in [-0.1, -0.05) is 5.70 Å². The van der Waals surface area contributed by atoms with Gasteiger partial charge in [0.05, 0.1) is 24.9 Å². The third-order valence-electron chi connectivity index (χ3n) is 6.57. The normalized spacial score (nSPS) is 50.0. The second-order valence-electron chi connectivity index (χ2n) is 9.35. The Morgan fingerprint density at radius 3 is 0.925 bits per heavy atom. The highest BCUT2D eigenvalue weighted by Gasteiger charge is 2.76. The molecule has 0 amide bonds. The maximum absolute atomic E-state index is 6.82. The molecule has 5 fully saturated rings. The molecular formula is C20H32O12Si8. The van der Waals surface area contributed by atoms with Crippen molar-refractivity contribution in [3.63, 3.8) is 0 Å². The quantitative estimate of drug-likeness (QED) is 0.347. The average molecular weight is 689 g/mol. The second-order valence-corrected chi connectivity index (χ2v) is 33.3. The summed E-state index contributed by atoms with van der Waals surface area (Å²) >= 11 is 0. The standard InChI is InChI=1S/C20H32O12Si8/c1-9-33-17-21-19-34(10-2)24-37(13-5)25-35(11-3,20-22-18-33)27-39(15-7)29-36(12-4,23-33)28-38(14-6,26-34)31-40(16-8,30-37)32-39/h9-16H,1-8,17-20H2. The van der Waals surface area contributed by atoms with E-state index in [1.807, 2.05) is 0 Å². The minimum absolute atomic E-state index is 0.0467. The van der Waals surface area contributed by atoms with E-state index in [0.29, 0.717) is 0 Å². The molecule has 216 valence electrons. The van der Waals surface area contributed by atoms with Crippen molar-refractivity contribution >= 4 is 69.5 Å². The highest BCUT2D eigenvalue weighted by Crippen LogP contribution is 2.45. The van der Waals surface area contributed by atoms with Crippen LogP contribution >= 0.6 is 0 Å². The molecule has 40 heavy (non-hydrogen) atoms. The first-order valence-corrected chi connectivity index (χ1v) is 27.8. The Hall–Kier alpha value is -0.825. The van der Waals surface area contributed by atoms with Crippen LogP contribution in [0, 0.1) is 0 Å². The lowest BCUT2D eigenvalue weighted by Crippen LogP contribution is -2.83. The van der Waals surface area contributed by atoms with Crippen molar-refractivity contribution in [2.45, 2.75) is 0 Å². The van der Waals surface area contributed by atoms with Gasteiger partial charge >= 0.3 is 61.1 Å². The number of hydrogen-bond acceptors (Lipinski definition) is 12. The third kappa shape index (κ3) is 4.95. The summed E-state index contributed by atoms with van der Waals surface area (Å²) < 4.78 is 80.4. The van der Waals surface area contributed by atoms with Crippen LogP contribution in [0.2, 0.25) is 0 Å². The Morgan fingerprint density at radius 1 is 0.325 bits per heavy atom. The van der Waals surface area contributed by atoms with Gasteiger partial charge in [0.25, 0.3) is 8.32 Å². The minimum atomic E-state index is -4.13. The van der Waals surface area contributed by atoms with Crippen molar-refractivity contribution in [1.82, 2.24) is 0 Å². The van der Waals surface area contributed by atoms with Gasteiger partial charge in [0.15, 0.2) is 0 Å². The van der Waals surface area contributed by atoms with Gasteiger partial charge in [0.1, 0.15) is 0 Å². The minimum Gasteiger partial charge on any atom is -0.405 e. The maximum atomic E-state index is 6.82. The third-order valence-corrected chi connectivity index (χ3v) is 37.9. The molecule has 0 aromatic carbocycles. The Kier molecular flexibility index (Phi) is 7.97. The zero-order chi connectivity index (χ0) is 29.0. The summed E-state index contributed by atoms with van der Waals surface area (Å²) in [4.78, 5) is 0. The van der Waals surface area contributed by atoms with Crippen molar-refractivity contribution < 1.29 is 50.6 Å². The highest BCUT2D eigenvalue weighted by atomic mass is 28.6. The summed E-state index contributed by atoms with van der Waals surface area (Å²) in [5.41, 5.74) is 12.0. The molecule has 0 radical (unpaired) electrons. The van der Waals surface area contributed by atoms with Crippen LogP contribution < -0.4 is 0 Å². The van der Waals surface area contributed by atoms with Crippen molar-refractivity contribution in [3.05, 3.63) is 98.2 Å². The molecule has 4 atom stereocenters. The van der Waals surface area contributed by atoms with E-state index < -0.39 is 69.5 Å². The molecule has 20 heteroatoms. The lowest BCUT2D eigenvalue weighted by Gasteiger charge is -2.57. The van der Waals surface area contributed by atoms with Gasteiger partial charge in [-0.2, -0.15) is 0 Å². The first-order valence-electron chi connectivity index (χ1n) is 12.2. The van der Waals surface area contributed by atoms with Crippen LogP contribution in [0.5, 0.6) is 0 Å². The molecule has 0 aromatic rings. The van der Waals surface area contributed by atoms with Crippen LogP contribution in [-0.2, 0) is 50.6 Å². The summed E-state index contributed by atoms with van der Waals surface area (Å²) in [7, 11) is -31.1. The van der Waals surface area contributed by atoms with E-state index in [1.165, 1.54) is 28.5 Å². The number of rotatable bonds is 8. The first kappa shape index (κ1) is 30.6. The summed E-state index contributed by atoms with van der Waals surface area (Å²) in [5, 5.41) is 0. The highest BCUT2D eigenvalue weighted by molar-refractivity contribution is 7.05. The topological polar surface area (TPSA) is 111 Å². The van der Waals surface area contributed by atoms with Crippen molar-refractivity contribution in [3.8, 4) is 0 Å². The fourth-order valence-corrected chi connectivity index (χ4v) is 42.4. The Labute approximate surface area is 242 Å². The van der Waals surface area contributed by atoms with Crippen LogP contribution in [0.1, 0.15) is 0 Å². The Balaban J connectivity index is 1.93. The van der Waals surface area contributed by atoms with E-state index in [0.717, 1.165) is 0 Å². The zero-order valence-electron chi connectivity index (χ0n) is 22.0. The van der Waals surface area contributed by atoms with E-state index in [4.69, 9.17) is 50.6 Å². The van der Waals surface area contributed by atoms with Gasteiger partial charge in [0.2, 0.25) is 0 Å². The van der Waals surface area contributed by atoms with E-state index >= 15 is 0 Å². The van der Waals surface area contributed by atoms with Crippen LogP contribution in [0.4, 0.5) is 0 Å². The smallest absolute Gasteiger partial charge is 0.405 e. The number of fused-ring (bicyclic) bond motifs is 4. The fraction of sp³-hybridized carbons (Fsp3) is 0.200. The monoisotopic (exact) mass is 688 g/mol. The van der Waals surface area contributed by atoms with Crippen LogP contribution in [0.25, 0.3) is 0 Å². The Bertz CT molecular complexity index is 1110. The SMILES string of the molecule is C=C[Si]12COC[Si]3(C=C)O[Si]4(C=C)O[Si](C=C)(COC1)O[Si]1(C=C)O[Si](C=C)(O2)O[Si](C=C)(O3)O[Si](C=C)(O4)O1. The molecular weight excluding hydrogens is 657 g/mol. The summed E-state index contributed by atoms with van der Waals surface area (Å²) in [6.07, 6.45) is 0.116. The van der Waals surface area contributed by atoms with Crippen molar-refractivity contribution in [2.24, 2.45) is 0 Å². The fourth-order valence-electron chi connectivity index (χ4n) is 4.61. The summed E-state index contributed by atoms with van der Waals surface area (Å²) in [5.74, 6) is 0. The number of hydrogen-bond donors (Lipinski definition) is 0. The predicted molar refractivity (Wildman–Crippen MR) is 160 cm³/mol. The zero-order valence-corrected chi connectivity index (χ0v) is 30.0. The summed E-state index contributed by atoms with van der Waals surface area (Å²) in [6.45, 7) is 32.2. The lowest BCUT2D eigenvalue weighted by molar-refractivity contribution is 0.0323. The van der Waals surface area contributed by atoms with Gasteiger partial charge in [-0.25, -0.2) is 0 Å². The Morgan fingerprint density at radius 2 is 0.625 bits per heavy atom. The molecule has 0 saturated carbocycles. The van der Waals surface area contributed by atoms with Gasteiger partial charge in [-0.05, 0) is 39.9 Å².